The molecule has 1 aromatic carbocycles. The summed E-state index contributed by atoms with van der Waals surface area (Å²) in [6.07, 6.45) is 7.10. The van der Waals surface area contributed by atoms with Crippen molar-refractivity contribution in [1.29, 1.82) is 0 Å². The largest absolute Gasteiger partial charge is 0.444 e. The second-order valence-electron chi connectivity index (χ2n) is 11.4. The van der Waals surface area contributed by atoms with Gasteiger partial charge in [0.25, 0.3) is 0 Å². The Kier molecular flexibility index (Phi) is 8.42. The maximum Gasteiger partial charge on any atom is 0.410 e. The highest BCUT2D eigenvalue weighted by atomic mass is 19.1. The molecule has 13 heteroatoms. The minimum Gasteiger partial charge on any atom is -0.444 e. The fourth-order valence-electron chi connectivity index (χ4n) is 4.78. The monoisotopic (exact) mass is 589 g/mol. The quantitative estimate of drug-likeness (QED) is 0.296. The highest BCUT2D eigenvalue weighted by Gasteiger charge is 2.34. The Morgan fingerprint density at radius 2 is 1.95 bits per heavy atom. The van der Waals surface area contributed by atoms with Gasteiger partial charge in [-0.15, -0.1) is 0 Å². The van der Waals surface area contributed by atoms with Crippen molar-refractivity contribution in [3.05, 3.63) is 60.6 Å². The molecule has 1 aliphatic rings. The molecule has 226 valence electrons. The molecule has 1 atom stereocenters. The summed E-state index contributed by atoms with van der Waals surface area (Å²) in [6.45, 7) is 10.9. The van der Waals surface area contributed by atoms with Crippen molar-refractivity contribution in [2.45, 2.75) is 52.7 Å². The Balaban J connectivity index is 1.46. The molecule has 12 nitrogen and oxygen atoms in total. The number of aryl methyl sites for hydroxylation is 2. The van der Waals surface area contributed by atoms with Gasteiger partial charge in [-0.25, -0.2) is 24.1 Å². The minimum absolute atomic E-state index is 0.00343. The molecule has 4 heterocycles. The molecule has 4 aromatic rings. The fourth-order valence-corrected chi connectivity index (χ4v) is 4.78. The number of hydrogen-bond acceptors (Lipinski definition) is 10. The van der Waals surface area contributed by atoms with Crippen LogP contribution in [0.25, 0.3) is 11.1 Å². The lowest BCUT2D eigenvalue weighted by molar-refractivity contribution is 0.0136. The third-order valence-electron chi connectivity index (χ3n) is 6.83. The van der Waals surface area contributed by atoms with Crippen molar-refractivity contribution in [1.82, 2.24) is 34.6 Å². The topological polar surface area (TPSA) is 123 Å². The molecular formula is C30H36FN9O3. The van der Waals surface area contributed by atoms with Crippen LogP contribution in [0.1, 0.15) is 39.8 Å². The number of carbonyl (C=O) groups is 1. The lowest BCUT2D eigenvalue weighted by Crippen LogP contribution is -2.56. The Morgan fingerprint density at radius 3 is 2.63 bits per heavy atom. The fraction of sp³-hybridized carbons (Fsp3) is 0.400. The van der Waals surface area contributed by atoms with Gasteiger partial charge < -0.3 is 24.6 Å². The number of hydrogen-bond donors (Lipinski definition) is 1. The lowest BCUT2D eigenvalue weighted by Gasteiger charge is -2.42. The van der Waals surface area contributed by atoms with Crippen LogP contribution in [0.4, 0.5) is 26.6 Å². The van der Waals surface area contributed by atoms with Gasteiger partial charge in [-0.05, 0) is 57.9 Å². The molecule has 1 N–H and O–H groups in total. The number of benzene rings is 1. The van der Waals surface area contributed by atoms with Crippen molar-refractivity contribution in [3.8, 4) is 22.9 Å². The smallest absolute Gasteiger partial charge is 0.410 e. The van der Waals surface area contributed by atoms with Gasteiger partial charge in [0.2, 0.25) is 5.95 Å². The summed E-state index contributed by atoms with van der Waals surface area (Å²) in [4.78, 5) is 34.5. The molecule has 0 aliphatic carbocycles. The van der Waals surface area contributed by atoms with Gasteiger partial charge in [0.15, 0.2) is 11.6 Å². The molecule has 43 heavy (non-hydrogen) atoms. The van der Waals surface area contributed by atoms with E-state index in [1.807, 2.05) is 40.9 Å². The van der Waals surface area contributed by atoms with Crippen LogP contribution in [-0.2, 0) is 11.8 Å². The first-order chi connectivity index (χ1) is 20.5. The van der Waals surface area contributed by atoms with Gasteiger partial charge in [-0.1, -0.05) is 13.0 Å². The van der Waals surface area contributed by atoms with E-state index in [1.54, 1.807) is 47.2 Å². The summed E-state index contributed by atoms with van der Waals surface area (Å²) in [7, 11) is 1.82. The number of ether oxygens (including phenoxy) is 2. The van der Waals surface area contributed by atoms with E-state index in [4.69, 9.17) is 14.5 Å². The van der Waals surface area contributed by atoms with Crippen molar-refractivity contribution in [2.24, 2.45) is 7.05 Å². The molecule has 0 saturated carbocycles. The number of rotatable bonds is 7. The van der Waals surface area contributed by atoms with E-state index >= 15 is 4.39 Å². The summed E-state index contributed by atoms with van der Waals surface area (Å²) in [5.41, 5.74) is 2.05. The molecule has 0 bridgehead atoms. The van der Waals surface area contributed by atoms with Gasteiger partial charge in [-0.3, -0.25) is 4.68 Å². The van der Waals surface area contributed by atoms with Gasteiger partial charge in [-0.2, -0.15) is 10.1 Å². The predicted molar refractivity (Wildman–Crippen MR) is 160 cm³/mol. The normalized spacial score (nSPS) is 15.4. The number of amides is 1. The zero-order chi connectivity index (χ0) is 30.7. The second kappa shape index (κ2) is 12.2. The minimum atomic E-state index is -0.593. The zero-order valence-corrected chi connectivity index (χ0v) is 25.2. The van der Waals surface area contributed by atoms with Crippen LogP contribution in [0.5, 0.6) is 11.8 Å². The van der Waals surface area contributed by atoms with E-state index in [1.165, 1.54) is 12.1 Å². The van der Waals surface area contributed by atoms with E-state index in [2.05, 4.69) is 30.3 Å². The van der Waals surface area contributed by atoms with Crippen LogP contribution in [0.2, 0.25) is 0 Å². The Labute approximate surface area is 249 Å². The van der Waals surface area contributed by atoms with Crippen LogP contribution in [0.15, 0.2) is 49.1 Å². The summed E-state index contributed by atoms with van der Waals surface area (Å²) in [5, 5.41) is 7.38. The molecule has 5 rings (SSSR count). The number of anilines is 3. The van der Waals surface area contributed by atoms with Gasteiger partial charge in [0.05, 0.1) is 17.9 Å². The summed E-state index contributed by atoms with van der Waals surface area (Å²) >= 11 is 0. The standard InChI is InChI=1S/C30H36FN9O3/c1-7-22-18-39(12-13-40(22)29(41)43-30(3,4)5)26-23(16-33-27(37-26)36-21-15-34-38(6)17-21)20-8-9-25(24(31)14-20)42-28-32-11-10-19(2)35-28/h8-11,14-17,22H,7,12-13,18H2,1-6H3,(H,33,36,37). The first-order valence-electron chi connectivity index (χ1n) is 14.1. The molecule has 1 unspecified atom stereocenters. The van der Waals surface area contributed by atoms with Crippen molar-refractivity contribution < 1.29 is 18.7 Å². The molecule has 0 radical (unpaired) electrons. The first kappa shape index (κ1) is 29.7. The van der Waals surface area contributed by atoms with Crippen LogP contribution in [0, 0.1) is 12.7 Å². The van der Waals surface area contributed by atoms with Crippen LogP contribution in [-0.4, -0.2) is 72.0 Å². The molecule has 1 aliphatic heterocycles. The van der Waals surface area contributed by atoms with E-state index < -0.39 is 11.4 Å². The highest BCUT2D eigenvalue weighted by molar-refractivity contribution is 5.77. The van der Waals surface area contributed by atoms with Crippen LogP contribution >= 0.6 is 0 Å². The third kappa shape index (κ3) is 7.16. The molecule has 3 aromatic heterocycles. The number of nitrogens with zero attached hydrogens (tertiary/aromatic N) is 8. The molecule has 1 fully saturated rings. The predicted octanol–water partition coefficient (Wildman–Crippen LogP) is 5.49. The average molecular weight is 590 g/mol. The summed E-state index contributed by atoms with van der Waals surface area (Å²) in [5.74, 6) is 0.404. The number of aromatic nitrogens is 6. The average Bonchev–Trinajstić information content (AvgIpc) is 3.37. The van der Waals surface area contributed by atoms with E-state index in [-0.39, 0.29) is 23.9 Å². The number of carbonyl (C=O) groups excluding carboxylic acids is 1. The molecule has 1 amide bonds. The molecule has 1 saturated heterocycles. The highest BCUT2D eigenvalue weighted by Crippen LogP contribution is 2.35. The maximum atomic E-state index is 15.3. The second-order valence-corrected chi connectivity index (χ2v) is 11.4. The number of piperazine rings is 1. The number of nitrogens with one attached hydrogen (secondary N) is 1. The SMILES string of the molecule is CCC1CN(c2nc(Nc3cnn(C)c3)ncc2-c2ccc(Oc3nccc(C)n3)c(F)c2)CCN1C(=O)OC(C)(C)C. The van der Waals surface area contributed by atoms with E-state index in [9.17, 15) is 4.79 Å². The van der Waals surface area contributed by atoms with E-state index in [0.29, 0.717) is 48.2 Å². The van der Waals surface area contributed by atoms with Crippen molar-refractivity contribution in [2.75, 3.05) is 29.9 Å². The lowest BCUT2D eigenvalue weighted by atomic mass is 10.0. The molecular weight excluding hydrogens is 553 g/mol. The van der Waals surface area contributed by atoms with Crippen molar-refractivity contribution in [3.63, 3.8) is 0 Å². The van der Waals surface area contributed by atoms with Gasteiger partial charge in [0, 0.05) is 56.5 Å². The summed E-state index contributed by atoms with van der Waals surface area (Å²) < 4.78 is 28.3. The Hall–Kier alpha value is -4.81. The van der Waals surface area contributed by atoms with Gasteiger partial charge >= 0.3 is 12.1 Å². The van der Waals surface area contributed by atoms with Crippen LogP contribution in [0.3, 0.4) is 0 Å². The molecule has 0 spiro atoms. The van der Waals surface area contributed by atoms with Crippen LogP contribution < -0.4 is 15.0 Å². The first-order valence-corrected chi connectivity index (χ1v) is 14.1. The number of halogens is 1. The Bertz CT molecular complexity index is 1600. The van der Waals surface area contributed by atoms with Crippen molar-refractivity contribution >= 4 is 23.5 Å². The maximum absolute atomic E-state index is 15.3. The Morgan fingerprint density at radius 1 is 1.14 bits per heavy atom. The van der Waals surface area contributed by atoms with Gasteiger partial charge in [0.1, 0.15) is 11.4 Å². The summed E-state index contributed by atoms with van der Waals surface area (Å²) in [6, 6.07) is 6.36. The van der Waals surface area contributed by atoms with E-state index in [0.717, 1.165) is 12.1 Å². The third-order valence-corrected chi connectivity index (χ3v) is 6.83. The zero-order valence-electron chi connectivity index (χ0n) is 25.2.